The molecule has 2 aromatic carbocycles. The molecule has 0 radical (unpaired) electrons. The zero-order chi connectivity index (χ0) is 21.1. The van der Waals surface area contributed by atoms with Crippen LogP contribution in [0.1, 0.15) is 12.8 Å². The predicted molar refractivity (Wildman–Crippen MR) is 114 cm³/mol. The van der Waals surface area contributed by atoms with Crippen LogP contribution in [0.4, 0.5) is 10.1 Å². The Morgan fingerprint density at radius 1 is 0.900 bits per heavy atom. The van der Waals surface area contributed by atoms with E-state index < -0.39 is 0 Å². The lowest BCUT2D eigenvalue weighted by Crippen LogP contribution is -2.39. The van der Waals surface area contributed by atoms with E-state index in [1.165, 1.54) is 30.9 Å². The lowest BCUT2D eigenvalue weighted by atomic mass is 10.1. The largest absolute Gasteiger partial charge is 0.371 e. The summed E-state index contributed by atoms with van der Waals surface area (Å²) < 4.78 is 12.6. The Morgan fingerprint density at radius 3 is 2.10 bits per heavy atom. The molecule has 3 heterocycles. The van der Waals surface area contributed by atoms with Gasteiger partial charge in [-0.25, -0.2) is 14.4 Å². The van der Waals surface area contributed by atoms with Gasteiger partial charge in [-0.3, -0.25) is 9.59 Å². The standard InChI is InChI=1S/C13H16N4O.C8H5FN2O/c14-9-3-5-17(6-4-9)10-1-2-11-12(7-10)15-8-16-13(11)18;9-5-1-2-6-7(3-5)10-4-11-8(6)12/h1-2,7-9H,3-6,14H2,(H,15,16,18);1-4H,(H,10,11,12). The Labute approximate surface area is 170 Å². The van der Waals surface area contributed by atoms with Gasteiger partial charge in [-0.2, -0.15) is 0 Å². The van der Waals surface area contributed by atoms with Crippen LogP contribution >= 0.6 is 0 Å². The lowest BCUT2D eigenvalue weighted by molar-refractivity contribution is 0.501. The fraction of sp³-hybridized carbons (Fsp3) is 0.238. The van der Waals surface area contributed by atoms with Gasteiger partial charge in [0.1, 0.15) is 5.82 Å². The summed E-state index contributed by atoms with van der Waals surface area (Å²) in [4.78, 5) is 38.0. The molecule has 0 saturated carbocycles. The van der Waals surface area contributed by atoms with Crippen LogP contribution in [0.3, 0.4) is 0 Å². The normalized spacial score (nSPS) is 14.5. The highest BCUT2D eigenvalue weighted by Gasteiger charge is 2.16. The van der Waals surface area contributed by atoms with Crippen LogP contribution in [0, 0.1) is 5.82 Å². The molecule has 5 rings (SSSR count). The van der Waals surface area contributed by atoms with E-state index in [-0.39, 0.29) is 16.9 Å². The Balaban J connectivity index is 0.000000158. The first-order valence-electron chi connectivity index (χ1n) is 9.62. The molecule has 9 heteroatoms. The van der Waals surface area contributed by atoms with Crippen LogP contribution in [0.15, 0.2) is 58.6 Å². The molecule has 0 unspecified atom stereocenters. The highest BCUT2D eigenvalue weighted by atomic mass is 19.1. The zero-order valence-corrected chi connectivity index (χ0v) is 16.1. The van der Waals surface area contributed by atoms with Crippen molar-refractivity contribution in [3.63, 3.8) is 0 Å². The molecule has 0 aliphatic carbocycles. The monoisotopic (exact) mass is 408 g/mol. The number of nitrogens with zero attached hydrogens (tertiary/aromatic N) is 3. The molecule has 154 valence electrons. The Hall–Kier alpha value is -3.59. The summed E-state index contributed by atoms with van der Waals surface area (Å²) in [7, 11) is 0. The summed E-state index contributed by atoms with van der Waals surface area (Å²) in [5.74, 6) is -0.388. The minimum atomic E-state index is -0.388. The number of nitrogens with one attached hydrogen (secondary N) is 2. The fourth-order valence-electron chi connectivity index (χ4n) is 3.45. The molecule has 0 spiro atoms. The molecule has 0 bridgehead atoms. The second-order valence-corrected chi connectivity index (χ2v) is 7.15. The summed E-state index contributed by atoms with van der Waals surface area (Å²) in [6.07, 6.45) is 4.73. The van der Waals surface area contributed by atoms with Gasteiger partial charge in [0.25, 0.3) is 11.1 Å². The number of benzene rings is 2. The average Bonchev–Trinajstić information content (AvgIpc) is 2.75. The number of halogens is 1. The molecule has 1 aliphatic heterocycles. The van der Waals surface area contributed by atoms with Crippen molar-refractivity contribution in [2.45, 2.75) is 18.9 Å². The Morgan fingerprint density at radius 2 is 1.47 bits per heavy atom. The number of aromatic amines is 2. The van der Waals surface area contributed by atoms with Gasteiger partial charge in [-0.05, 0) is 43.2 Å². The molecule has 2 aromatic heterocycles. The fourth-order valence-corrected chi connectivity index (χ4v) is 3.45. The highest BCUT2D eigenvalue weighted by molar-refractivity contribution is 5.81. The zero-order valence-electron chi connectivity index (χ0n) is 16.1. The van der Waals surface area contributed by atoms with E-state index in [1.54, 1.807) is 0 Å². The minimum absolute atomic E-state index is 0.0905. The summed E-state index contributed by atoms with van der Waals surface area (Å²) >= 11 is 0. The molecule has 0 atom stereocenters. The number of aromatic nitrogens is 4. The molecule has 8 nitrogen and oxygen atoms in total. The summed E-state index contributed by atoms with van der Waals surface area (Å²) in [6, 6.07) is 9.99. The third kappa shape index (κ3) is 4.20. The Bertz CT molecular complexity index is 1290. The van der Waals surface area contributed by atoms with Crippen LogP contribution in [0.25, 0.3) is 21.8 Å². The van der Waals surface area contributed by atoms with Crippen molar-refractivity contribution in [3.8, 4) is 0 Å². The molecule has 0 amide bonds. The molecule has 1 saturated heterocycles. The van der Waals surface area contributed by atoms with Gasteiger partial charge in [-0.15, -0.1) is 0 Å². The molecular weight excluding hydrogens is 387 g/mol. The first-order chi connectivity index (χ1) is 14.5. The van der Waals surface area contributed by atoms with Crippen LogP contribution in [0.2, 0.25) is 0 Å². The predicted octanol–water partition coefficient (Wildman–Crippen LogP) is 1.91. The van der Waals surface area contributed by atoms with Gasteiger partial charge in [0.05, 0.1) is 34.5 Å². The van der Waals surface area contributed by atoms with Crippen molar-refractivity contribution in [2.75, 3.05) is 18.0 Å². The number of hydrogen-bond acceptors (Lipinski definition) is 6. The quantitative estimate of drug-likeness (QED) is 0.442. The first-order valence-corrected chi connectivity index (χ1v) is 9.62. The summed E-state index contributed by atoms with van der Waals surface area (Å²) in [5.41, 5.74) is 7.79. The van der Waals surface area contributed by atoms with E-state index in [0.29, 0.717) is 22.3 Å². The highest BCUT2D eigenvalue weighted by Crippen LogP contribution is 2.22. The molecule has 4 N–H and O–H groups in total. The van der Waals surface area contributed by atoms with Crippen molar-refractivity contribution >= 4 is 27.5 Å². The van der Waals surface area contributed by atoms with E-state index in [4.69, 9.17) is 5.73 Å². The number of piperidine rings is 1. The maximum absolute atomic E-state index is 12.6. The molecule has 4 aromatic rings. The van der Waals surface area contributed by atoms with Crippen LogP contribution in [0.5, 0.6) is 0 Å². The van der Waals surface area contributed by atoms with Crippen molar-refractivity contribution in [3.05, 3.63) is 75.6 Å². The van der Waals surface area contributed by atoms with Crippen LogP contribution < -0.4 is 21.8 Å². The number of hydrogen-bond donors (Lipinski definition) is 3. The molecule has 1 fully saturated rings. The van der Waals surface area contributed by atoms with Gasteiger partial charge in [0.2, 0.25) is 0 Å². The number of nitrogens with two attached hydrogens (primary N) is 1. The second-order valence-electron chi connectivity index (χ2n) is 7.15. The topological polar surface area (TPSA) is 121 Å². The summed E-state index contributed by atoms with van der Waals surface area (Å²) in [5, 5.41) is 1.04. The van der Waals surface area contributed by atoms with E-state index in [0.717, 1.165) is 37.1 Å². The number of rotatable bonds is 1. The third-order valence-corrected chi connectivity index (χ3v) is 5.13. The van der Waals surface area contributed by atoms with E-state index >= 15 is 0 Å². The van der Waals surface area contributed by atoms with Gasteiger partial charge in [0.15, 0.2) is 0 Å². The number of fused-ring (bicyclic) bond motifs is 2. The minimum Gasteiger partial charge on any atom is -0.371 e. The lowest BCUT2D eigenvalue weighted by Gasteiger charge is -2.32. The summed E-state index contributed by atoms with van der Waals surface area (Å²) in [6.45, 7) is 1.94. The van der Waals surface area contributed by atoms with Crippen molar-refractivity contribution in [1.82, 2.24) is 19.9 Å². The number of H-pyrrole nitrogens is 2. The SMILES string of the molecule is NC1CCN(c2ccc3c(=O)[nH]cnc3c2)CC1.O=c1[nH]cnc2cc(F)ccc12. The van der Waals surface area contributed by atoms with Crippen molar-refractivity contribution < 1.29 is 4.39 Å². The molecule has 30 heavy (non-hydrogen) atoms. The maximum atomic E-state index is 12.6. The van der Waals surface area contributed by atoms with Gasteiger partial charge in [0, 0.05) is 30.9 Å². The van der Waals surface area contributed by atoms with E-state index in [2.05, 4.69) is 24.8 Å². The molecular formula is C21H21FN6O2. The van der Waals surface area contributed by atoms with E-state index in [1.807, 2.05) is 18.2 Å². The number of anilines is 1. The smallest absolute Gasteiger partial charge is 0.258 e. The van der Waals surface area contributed by atoms with Crippen LogP contribution in [-0.4, -0.2) is 39.1 Å². The maximum Gasteiger partial charge on any atom is 0.258 e. The molecule has 1 aliphatic rings. The van der Waals surface area contributed by atoms with E-state index in [9.17, 15) is 14.0 Å². The second kappa shape index (κ2) is 8.42. The third-order valence-electron chi connectivity index (χ3n) is 5.13. The van der Waals surface area contributed by atoms with Gasteiger partial charge < -0.3 is 20.6 Å². The van der Waals surface area contributed by atoms with Gasteiger partial charge >= 0.3 is 0 Å². The average molecular weight is 408 g/mol. The first kappa shape index (κ1) is 19.7. The van der Waals surface area contributed by atoms with Gasteiger partial charge in [-0.1, -0.05) is 0 Å². The Kier molecular flexibility index (Phi) is 5.53. The van der Waals surface area contributed by atoms with Crippen molar-refractivity contribution in [2.24, 2.45) is 5.73 Å². The van der Waals surface area contributed by atoms with Crippen LogP contribution in [-0.2, 0) is 0 Å². The van der Waals surface area contributed by atoms with Crippen molar-refractivity contribution in [1.29, 1.82) is 0 Å².